The molecule has 2 aromatic rings. The molecule has 1 N–H and O–H groups in total. The first kappa shape index (κ1) is 19.3. The minimum absolute atomic E-state index is 0.0614. The molecule has 0 saturated carbocycles. The average Bonchev–Trinajstić information content (AvgIpc) is 2.56. The summed E-state index contributed by atoms with van der Waals surface area (Å²) in [5.74, 6) is 0.270. The number of rotatable bonds is 6. The number of allylic oxidation sites excluding steroid dienone is 1. The second kappa shape index (κ2) is 8.39. The minimum atomic E-state index is -0.248. The number of halogens is 1. The standard InChI is InChI=1S/C22H28FNO/c1-6-7-18-20(16-8-10-17(23)11-9-16)19(12-13-25)22(15(4)5)24-21(18)14(2)3/h6-11,14-15,25H,12-13H2,1-5H3/b7-6+. The van der Waals surface area contributed by atoms with Gasteiger partial charge in [-0.1, -0.05) is 52.0 Å². The number of hydrogen-bond donors (Lipinski definition) is 1. The number of aromatic nitrogens is 1. The van der Waals surface area contributed by atoms with Gasteiger partial charge in [-0.3, -0.25) is 4.98 Å². The zero-order valence-corrected chi connectivity index (χ0v) is 15.8. The van der Waals surface area contributed by atoms with E-state index < -0.39 is 0 Å². The van der Waals surface area contributed by atoms with E-state index in [4.69, 9.17) is 4.98 Å². The molecule has 2 rings (SSSR count). The maximum absolute atomic E-state index is 13.4. The fourth-order valence-corrected chi connectivity index (χ4v) is 3.24. The molecule has 0 spiro atoms. The number of nitrogens with zero attached hydrogens (tertiary/aromatic N) is 1. The van der Waals surface area contributed by atoms with Crippen LogP contribution in [0.4, 0.5) is 4.39 Å². The fraction of sp³-hybridized carbons (Fsp3) is 0.409. The fourth-order valence-electron chi connectivity index (χ4n) is 3.24. The van der Waals surface area contributed by atoms with Crippen LogP contribution in [0.3, 0.4) is 0 Å². The summed E-state index contributed by atoms with van der Waals surface area (Å²) in [6, 6.07) is 6.60. The summed E-state index contributed by atoms with van der Waals surface area (Å²) in [5, 5.41) is 9.63. The molecule has 0 aliphatic carbocycles. The van der Waals surface area contributed by atoms with Crippen LogP contribution >= 0.6 is 0 Å². The highest BCUT2D eigenvalue weighted by Crippen LogP contribution is 2.37. The van der Waals surface area contributed by atoms with Crippen molar-refractivity contribution in [3.63, 3.8) is 0 Å². The molecule has 0 amide bonds. The Balaban J connectivity index is 2.92. The Morgan fingerprint density at radius 3 is 2.12 bits per heavy atom. The van der Waals surface area contributed by atoms with E-state index in [2.05, 4.69) is 33.8 Å². The van der Waals surface area contributed by atoms with Crippen molar-refractivity contribution >= 4 is 6.08 Å². The van der Waals surface area contributed by atoms with Crippen molar-refractivity contribution in [1.82, 2.24) is 4.98 Å². The molecular weight excluding hydrogens is 313 g/mol. The van der Waals surface area contributed by atoms with E-state index in [1.807, 2.05) is 25.1 Å². The summed E-state index contributed by atoms with van der Waals surface area (Å²) >= 11 is 0. The van der Waals surface area contributed by atoms with Crippen LogP contribution in [0.15, 0.2) is 30.3 Å². The maximum atomic E-state index is 13.4. The highest BCUT2D eigenvalue weighted by molar-refractivity contribution is 5.80. The molecule has 0 unspecified atom stereocenters. The Bertz CT molecular complexity index is 746. The Hall–Kier alpha value is -2.00. The van der Waals surface area contributed by atoms with Crippen molar-refractivity contribution in [3.8, 4) is 11.1 Å². The van der Waals surface area contributed by atoms with Gasteiger partial charge in [0.25, 0.3) is 0 Å². The first-order valence-electron chi connectivity index (χ1n) is 8.96. The molecule has 0 aliphatic heterocycles. The molecule has 134 valence electrons. The summed E-state index contributed by atoms with van der Waals surface area (Å²) in [6.07, 6.45) is 4.62. The Labute approximate surface area is 150 Å². The molecule has 1 aromatic heterocycles. The van der Waals surface area contributed by atoms with Gasteiger partial charge >= 0.3 is 0 Å². The van der Waals surface area contributed by atoms with Crippen molar-refractivity contribution in [2.75, 3.05) is 6.61 Å². The third-order valence-electron chi connectivity index (χ3n) is 4.32. The van der Waals surface area contributed by atoms with Gasteiger partial charge in [0.15, 0.2) is 0 Å². The molecular formula is C22H28FNO. The van der Waals surface area contributed by atoms with Gasteiger partial charge < -0.3 is 5.11 Å². The number of aliphatic hydroxyl groups is 1. The first-order valence-corrected chi connectivity index (χ1v) is 8.96. The lowest BCUT2D eigenvalue weighted by Gasteiger charge is -2.23. The number of aliphatic hydroxyl groups excluding tert-OH is 1. The first-order chi connectivity index (χ1) is 11.9. The van der Waals surface area contributed by atoms with Crippen LogP contribution in [0.2, 0.25) is 0 Å². The molecule has 0 fully saturated rings. The van der Waals surface area contributed by atoms with Crippen molar-refractivity contribution in [2.45, 2.75) is 52.9 Å². The predicted molar refractivity (Wildman–Crippen MR) is 103 cm³/mol. The summed E-state index contributed by atoms with van der Waals surface area (Å²) in [7, 11) is 0. The minimum Gasteiger partial charge on any atom is -0.396 e. The van der Waals surface area contributed by atoms with E-state index in [1.165, 1.54) is 12.1 Å². The Morgan fingerprint density at radius 2 is 1.64 bits per heavy atom. The van der Waals surface area contributed by atoms with E-state index in [0.717, 1.165) is 33.6 Å². The smallest absolute Gasteiger partial charge is 0.123 e. The molecule has 0 atom stereocenters. The van der Waals surface area contributed by atoms with Gasteiger partial charge in [0, 0.05) is 17.9 Å². The van der Waals surface area contributed by atoms with Gasteiger partial charge in [-0.2, -0.15) is 0 Å². The highest BCUT2D eigenvalue weighted by Gasteiger charge is 2.22. The van der Waals surface area contributed by atoms with Gasteiger partial charge in [0.2, 0.25) is 0 Å². The van der Waals surface area contributed by atoms with Crippen molar-refractivity contribution in [2.24, 2.45) is 0 Å². The number of pyridine rings is 1. The molecule has 2 nitrogen and oxygen atoms in total. The molecule has 0 aliphatic rings. The zero-order valence-electron chi connectivity index (χ0n) is 15.8. The molecule has 1 aromatic carbocycles. The van der Waals surface area contributed by atoms with E-state index in [1.54, 1.807) is 0 Å². The molecule has 25 heavy (non-hydrogen) atoms. The topological polar surface area (TPSA) is 33.1 Å². The van der Waals surface area contributed by atoms with Crippen LogP contribution in [0.1, 0.15) is 69.0 Å². The van der Waals surface area contributed by atoms with E-state index in [-0.39, 0.29) is 24.3 Å². The van der Waals surface area contributed by atoms with Gasteiger partial charge in [-0.25, -0.2) is 4.39 Å². The molecule has 0 saturated heterocycles. The van der Waals surface area contributed by atoms with Crippen molar-refractivity contribution in [3.05, 3.63) is 58.7 Å². The van der Waals surface area contributed by atoms with Crippen LogP contribution < -0.4 is 0 Å². The molecule has 1 heterocycles. The van der Waals surface area contributed by atoms with Gasteiger partial charge in [0.1, 0.15) is 5.82 Å². The van der Waals surface area contributed by atoms with Gasteiger partial charge in [-0.05, 0) is 54.0 Å². The maximum Gasteiger partial charge on any atom is 0.123 e. The molecule has 3 heteroatoms. The van der Waals surface area contributed by atoms with Crippen LogP contribution in [0.25, 0.3) is 17.2 Å². The average molecular weight is 341 g/mol. The van der Waals surface area contributed by atoms with E-state index in [9.17, 15) is 9.50 Å². The second-order valence-corrected chi connectivity index (χ2v) is 6.94. The van der Waals surface area contributed by atoms with Gasteiger partial charge in [0.05, 0.1) is 5.69 Å². The Morgan fingerprint density at radius 1 is 1.04 bits per heavy atom. The van der Waals surface area contributed by atoms with Crippen LogP contribution in [0.5, 0.6) is 0 Å². The number of benzene rings is 1. The zero-order chi connectivity index (χ0) is 18.6. The van der Waals surface area contributed by atoms with Gasteiger partial charge in [-0.15, -0.1) is 0 Å². The Kier molecular flexibility index (Phi) is 6.49. The molecule has 0 radical (unpaired) electrons. The molecule has 0 bridgehead atoms. The van der Waals surface area contributed by atoms with E-state index in [0.29, 0.717) is 6.42 Å². The summed E-state index contributed by atoms with van der Waals surface area (Å²) in [4.78, 5) is 4.98. The lowest BCUT2D eigenvalue weighted by Crippen LogP contribution is -2.11. The third kappa shape index (κ3) is 4.16. The van der Waals surface area contributed by atoms with E-state index >= 15 is 0 Å². The largest absolute Gasteiger partial charge is 0.396 e. The van der Waals surface area contributed by atoms with Crippen LogP contribution in [-0.2, 0) is 6.42 Å². The second-order valence-electron chi connectivity index (χ2n) is 6.94. The SMILES string of the molecule is C/C=C/c1c(C(C)C)nc(C(C)C)c(CCO)c1-c1ccc(F)cc1. The van der Waals surface area contributed by atoms with Crippen molar-refractivity contribution in [1.29, 1.82) is 0 Å². The van der Waals surface area contributed by atoms with Crippen LogP contribution in [0, 0.1) is 5.82 Å². The highest BCUT2D eigenvalue weighted by atomic mass is 19.1. The predicted octanol–water partition coefficient (Wildman–Crippen LogP) is 5.70. The van der Waals surface area contributed by atoms with Crippen LogP contribution in [-0.4, -0.2) is 16.7 Å². The quantitative estimate of drug-likeness (QED) is 0.731. The summed E-state index contributed by atoms with van der Waals surface area (Å²) < 4.78 is 13.4. The summed E-state index contributed by atoms with van der Waals surface area (Å²) in [6.45, 7) is 10.6. The third-order valence-corrected chi connectivity index (χ3v) is 4.32. The summed E-state index contributed by atoms with van der Waals surface area (Å²) in [5.41, 5.74) is 6.21. The van der Waals surface area contributed by atoms with Crippen molar-refractivity contribution < 1.29 is 9.50 Å². The lowest BCUT2D eigenvalue weighted by molar-refractivity contribution is 0.299. The lowest BCUT2D eigenvalue weighted by atomic mass is 9.86. The monoisotopic (exact) mass is 341 g/mol. The normalized spacial score (nSPS) is 11.9. The number of hydrogen-bond acceptors (Lipinski definition) is 2.